The maximum Gasteiger partial charge on any atom is 0.164 e. The molecule has 0 amide bonds. The minimum atomic E-state index is 0.647. The topological polar surface area (TPSA) is 56.7 Å². The van der Waals surface area contributed by atoms with Crippen molar-refractivity contribution in [1.29, 1.82) is 0 Å². The summed E-state index contributed by atoms with van der Waals surface area (Å²) in [5, 5.41) is 7.09. The lowest BCUT2D eigenvalue weighted by Gasteiger charge is -2.09. The molecule has 0 saturated carbocycles. The number of hydrogen-bond acceptors (Lipinski definition) is 5. The van der Waals surface area contributed by atoms with Crippen molar-refractivity contribution in [2.75, 3.05) is 0 Å². The summed E-state index contributed by atoms with van der Waals surface area (Å²) in [6.45, 7) is 0. The Morgan fingerprint density at radius 1 is 0.421 bits per heavy atom. The molecule has 12 rings (SSSR count). The van der Waals surface area contributed by atoms with E-state index < -0.39 is 0 Å². The van der Waals surface area contributed by atoms with Crippen LogP contribution in [0.2, 0.25) is 0 Å². The van der Waals surface area contributed by atoms with Gasteiger partial charge in [0.15, 0.2) is 17.5 Å². The van der Waals surface area contributed by atoms with Gasteiger partial charge in [-0.3, -0.25) is 0 Å². The summed E-state index contributed by atoms with van der Waals surface area (Å²) in [4.78, 5) is 14.9. The third-order valence-electron chi connectivity index (χ3n) is 11.1. The molecule has 0 saturated heterocycles. The van der Waals surface area contributed by atoms with Gasteiger partial charge in [0.25, 0.3) is 0 Å². The Morgan fingerprint density at radius 3 is 1.67 bits per heavy atom. The Labute approximate surface area is 330 Å². The lowest BCUT2D eigenvalue weighted by atomic mass is 9.99. The fourth-order valence-electron chi connectivity index (χ4n) is 8.50. The second-order valence-electron chi connectivity index (χ2n) is 14.3. The molecule has 266 valence electrons. The van der Waals surface area contributed by atoms with Crippen LogP contribution in [0.1, 0.15) is 0 Å². The molecule has 4 heterocycles. The molecule has 6 heteroatoms. The van der Waals surface area contributed by atoms with Crippen LogP contribution in [0.4, 0.5) is 0 Å². The van der Waals surface area contributed by atoms with Gasteiger partial charge in [0.1, 0.15) is 11.2 Å². The Hall–Kier alpha value is -7.41. The first-order valence-corrected chi connectivity index (χ1v) is 19.8. The third kappa shape index (κ3) is 4.98. The number of rotatable bonds is 5. The van der Waals surface area contributed by atoms with Crippen LogP contribution < -0.4 is 0 Å². The summed E-state index contributed by atoms with van der Waals surface area (Å²) in [6.07, 6.45) is 0. The molecule has 0 aliphatic heterocycles. The van der Waals surface area contributed by atoms with Crippen molar-refractivity contribution < 1.29 is 4.42 Å². The van der Waals surface area contributed by atoms with E-state index in [0.717, 1.165) is 55.4 Å². The average molecular weight is 747 g/mol. The molecule has 0 fully saturated rings. The molecular weight excluding hydrogens is 717 g/mol. The zero-order valence-corrected chi connectivity index (χ0v) is 31.2. The van der Waals surface area contributed by atoms with Gasteiger partial charge in [-0.15, -0.1) is 11.3 Å². The highest BCUT2D eigenvalue weighted by Crippen LogP contribution is 2.45. The Balaban J connectivity index is 1.03. The van der Waals surface area contributed by atoms with Crippen LogP contribution in [0.5, 0.6) is 0 Å². The van der Waals surface area contributed by atoms with Crippen molar-refractivity contribution in [2.24, 2.45) is 0 Å². The average Bonchev–Trinajstić information content (AvgIpc) is 3.96. The van der Waals surface area contributed by atoms with Crippen LogP contribution in [0.15, 0.2) is 186 Å². The molecule has 4 aromatic heterocycles. The van der Waals surface area contributed by atoms with Crippen LogP contribution in [-0.4, -0.2) is 19.5 Å². The number of furan rings is 1. The Bertz CT molecular complexity index is 3420. The number of hydrogen-bond donors (Lipinski definition) is 0. The summed E-state index contributed by atoms with van der Waals surface area (Å²) in [6, 6.07) is 63.7. The zero-order chi connectivity index (χ0) is 37.5. The molecule has 0 spiro atoms. The third-order valence-corrected chi connectivity index (χ3v) is 12.3. The van der Waals surface area contributed by atoms with E-state index in [4.69, 9.17) is 19.4 Å². The monoisotopic (exact) mass is 746 g/mol. The molecule has 8 aromatic carbocycles. The molecule has 5 nitrogen and oxygen atoms in total. The fourth-order valence-corrected chi connectivity index (χ4v) is 9.77. The summed E-state index contributed by atoms with van der Waals surface area (Å²) in [5.41, 5.74) is 10.3. The van der Waals surface area contributed by atoms with E-state index in [2.05, 4.69) is 126 Å². The quantitative estimate of drug-likeness (QED) is 0.176. The van der Waals surface area contributed by atoms with Gasteiger partial charge in [-0.25, -0.2) is 15.0 Å². The van der Waals surface area contributed by atoms with Crippen LogP contribution in [0.3, 0.4) is 0 Å². The molecular formula is C51H30N4OS. The van der Waals surface area contributed by atoms with Crippen LogP contribution >= 0.6 is 11.3 Å². The first-order valence-electron chi connectivity index (χ1n) is 19.0. The highest BCUT2D eigenvalue weighted by Gasteiger charge is 2.21. The largest absolute Gasteiger partial charge is 0.455 e. The molecule has 57 heavy (non-hydrogen) atoms. The molecule has 0 radical (unpaired) electrons. The van der Waals surface area contributed by atoms with Gasteiger partial charge in [-0.2, -0.15) is 0 Å². The van der Waals surface area contributed by atoms with Gasteiger partial charge in [-0.1, -0.05) is 152 Å². The van der Waals surface area contributed by atoms with Crippen molar-refractivity contribution in [1.82, 2.24) is 19.5 Å². The normalized spacial score (nSPS) is 11.9. The molecule has 0 N–H and O–H groups in total. The van der Waals surface area contributed by atoms with Gasteiger partial charge in [-0.05, 0) is 30.3 Å². The highest BCUT2D eigenvalue weighted by atomic mass is 32.1. The molecule has 0 aliphatic rings. The van der Waals surface area contributed by atoms with Crippen molar-refractivity contribution in [3.05, 3.63) is 182 Å². The number of para-hydroxylation sites is 3. The van der Waals surface area contributed by atoms with E-state index in [1.165, 1.54) is 42.0 Å². The van der Waals surface area contributed by atoms with E-state index in [1.807, 2.05) is 60.7 Å². The first-order chi connectivity index (χ1) is 28.3. The van der Waals surface area contributed by atoms with Crippen molar-refractivity contribution in [3.8, 4) is 51.0 Å². The first kappa shape index (κ1) is 31.9. The summed E-state index contributed by atoms with van der Waals surface area (Å²) >= 11 is 1.80. The zero-order valence-electron chi connectivity index (χ0n) is 30.4. The number of benzene rings is 8. The van der Waals surface area contributed by atoms with Gasteiger partial charge in [0.2, 0.25) is 0 Å². The van der Waals surface area contributed by atoms with Gasteiger partial charge in [0, 0.05) is 64.1 Å². The minimum Gasteiger partial charge on any atom is -0.455 e. The molecule has 0 aliphatic carbocycles. The second kappa shape index (κ2) is 12.6. The molecule has 0 bridgehead atoms. The summed E-state index contributed by atoms with van der Waals surface area (Å²) in [5.74, 6) is 1.95. The second-order valence-corrected chi connectivity index (χ2v) is 15.4. The SMILES string of the molecule is c1ccc(-c2nc(-c3ccccc3)nc(-c3ccc4c(c3)sc3c(-c5cccc6c5oc5cccc(-n7c8ccccc8c8ccccc87)c56)cccc34)n2)cc1. The summed E-state index contributed by atoms with van der Waals surface area (Å²) in [7, 11) is 0. The number of aromatic nitrogens is 4. The van der Waals surface area contributed by atoms with Crippen molar-refractivity contribution in [3.63, 3.8) is 0 Å². The van der Waals surface area contributed by atoms with Gasteiger partial charge < -0.3 is 8.98 Å². The van der Waals surface area contributed by atoms with Crippen molar-refractivity contribution in [2.45, 2.75) is 0 Å². The highest BCUT2D eigenvalue weighted by molar-refractivity contribution is 7.26. The van der Waals surface area contributed by atoms with Crippen LogP contribution in [-0.2, 0) is 0 Å². The Kier molecular flexibility index (Phi) is 7.03. The van der Waals surface area contributed by atoms with E-state index in [1.54, 1.807) is 11.3 Å². The fraction of sp³-hybridized carbons (Fsp3) is 0. The van der Waals surface area contributed by atoms with Crippen molar-refractivity contribution >= 4 is 75.3 Å². The van der Waals surface area contributed by atoms with Gasteiger partial charge >= 0.3 is 0 Å². The minimum absolute atomic E-state index is 0.647. The molecule has 0 unspecified atom stereocenters. The Morgan fingerprint density at radius 2 is 0.982 bits per heavy atom. The maximum atomic E-state index is 6.86. The number of thiophene rings is 1. The summed E-state index contributed by atoms with van der Waals surface area (Å²) < 4.78 is 11.6. The predicted octanol–water partition coefficient (Wildman–Crippen LogP) is 13.9. The lowest BCUT2D eigenvalue weighted by Crippen LogP contribution is -1.99. The standard InChI is InChI=1S/C51H30N4OS/c1-3-14-31(15-4-1)49-52-50(32-16-5-2-6-17-32)54-51(53-49)33-28-29-36-38-21-12-22-39(48(38)57-45(36)30-33)37-20-11-23-40-46-43(26-13-27-44(46)56-47(37)40)55-41-24-9-7-18-34(41)35-19-8-10-25-42(35)55/h1-30H. The number of nitrogens with zero attached hydrogens (tertiary/aromatic N) is 4. The lowest BCUT2D eigenvalue weighted by molar-refractivity contribution is 0.670. The van der Waals surface area contributed by atoms with Crippen LogP contribution in [0.25, 0.3) is 115 Å². The number of fused-ring (bicyclic) bond motifs is 9. The predicted molar refractivity (Wildman–Crippen MR) is 236 cm³/mol. The molecule has 0 atom stereocenters. The van der Waals surface area contributed by atoms with E-state index >= 15 is 0 Å². The smallest absolute Gasteiger partial charge is 0.164 e. The van der Waals surface area contributed by atoms with E-state index in [9.17, 15) is 0 Å². The van der Waals surface area contributed by atoms with Gasteiger partial charge in [0.05, 0.1) is 22.1 Å². The van der Waals surface area contributed by atoms with Crippen LogP contribution in [0, 0.1) is 0 Å². The van der Waals surface area contributed by atoms with E-state index in [0.29, 0.717) is 17.5 Å². The maximum absolute atomic E-state index is 6.86. The van der Waals surface area contributed by atoms with E-state index in [-0.39, 0.29) is 0 Å². The molecule has 12 aromatic rings.